The zero-order valence-electron chi connectivity index (χ0n) is 23.3. The molecule has 5 rings (SSSR count). The molecule has 0 spiro atoms. The Kier molecular flexibility index (Phi) is 10.7. The van der Waals surface area contributed by atoms with Gasteiger partial charge in [-0.25, -0.2) is 19.0 Å². The van der Waals surface area contributed by atoms with Gasteiger partial charge in [-0.15, -0.1) is 0 Å². The van der Waals surface area contributed by atoms with Crippen molar-refractivity contribution in [2.45, 2.75) is 12.4 Å². The molecule has 0 unspecified atom stereocenters. The third kappa shape index (κ3) is 9.41. The number of benzene rings is 2. The third-order valence-electron chi connectivity index (χ3n) is 6.39. The van der Waals surface area contributed by atoms with E-state index in [0.717, 1.165) is 48.6 Å². The lowest BCUT2D eigenvalue weighted by molar-refractivity contribution is -0.193. The predicted molar refractivity (Wildman–Crippen MR) is 148 cm³/mol. The molecule has 2 aromatic heterocycles. The summed E-state index contributed by atoms with van der Waals surface area (Å²) < 4.78 is 79.3. The van der Waals surface area contributed by atoms with Gasteiger partial charge in [0, 0.05) is 43.6 Å². The summed E-state index contributed by atoms with van der Waals surface area (Å²) >= 11 is 0. The molecule has 1 aliphatic rings. The molecule has 2 N–H and O–H groups in total. The number of carboxylic acids is 2. The van der Waals surface area contributed by atoms with E-state index in [9.17, 15) is 30.7 Å². The largest absolute Gasteiger partial charge is 0.490 e. The average molecular weight is 640 g/mol. The molecule has 1 saturated heterocycles. The summed E-state index contributed by atoms with van der Waals surface area (Å²) in [7, 11) is 2.16. The monoisotopic (exact) mass is 639 g/mol. The van der Waals surface area contributed by atoms with E-state index in [1.165, 1.54) is 17.8 Å². The van der Waals surface area contributed by atoms with E-state index < -0.39 is 30.1 Å². The first-order chi connectivity index (χ1) is 21.0. The molecule has 0 saturated carbocycles. The molecule has 45 heavy (non-hydrogen) atoms. The van der Waals surface area contributed by atoms with Crippen LogP contribution in [0.15, 0.2) is 67.0 Å². The lowest BCUT2D eigenvalue weighted by atomic mass is 10.1. The minimum absolute atomic E-state index is 0.294. The highest BCUT2D eigenvalue weighted by atomic mass is 19.4. The lowest BCUT2D eigenvalue weighted by Crippen LogP contribution is -2.44. The van der Waals surface area contributed by atoms with Crippen LogP contribution in [0.4, 0.5) is 36.4 Å². The van der Waals surface area contributed by atoms with Crippen molar-refractivity contribution in [3.8, 4) is 28.5 Å². The minimum Gasteiger partial charge on any atom is -0.475 e. The SMILES string of the molecule is CN1CCN(c2ccc(-c3ccn4c(-c5cc(F)cc(C#N)c5)cnc4c3)cc2)CC1.O=C(O)C(F)(F)F.O=C(O)C(F)(F)F. The van der Waals surface area contributed by atoms with Crippen LogP contribution in [0.3, 0.4) is 0 Å². The van der Waals surface area contributed by atoms with Gasteiger partial charge in [-0.05, 0) is 60.6 Å². The first kappa shape index (κ1) is 34.3. The maximum atomic E-state index is 13.9. The molecule has 238 valence electrons. The molecule has 2 aromatic carbocycles. The van der Waals surface area contributed by atoms with Crippen molar-refractivity contribution >= 4 is 23.3 Å². The van der Waals surface area contributed by atoms with Gasteiger partial charge in [-0.1, -0.05) is 12.1 Å². The fourth-order valence-electron chi connectivity index (χ4n) is 4.11. The number of pyridine rings is 1. The molecule has 0 amide bonds. The molecular weight excluding hydrogens is 615 g/mol. The van der Waals surface area contributed by atoms with Crippen molar-refractivity contribution in [2.75, 3.05) is 38.1 Å². The van der Waals surface area contributed by atoms with Crippen molar-refractivity contribution < 1.29 is 50.5 Å². The topological polar surface area (TPSA) is 122 Å². The van der Waals surface area contributed by atoms with Gasteiger partial charge < -0.3 is 20.0 Å². The number of carboxylic acid groups (broad SMARTS) is 2. The quantitative estimate of drug-likeness (QED) is 0.274. The zero-order valence-corrected chi connectivity index (χ0v) is 23.3. The van der Waals surface area contributed by atoms with Gasteiger partial charge in [0.2, 0.25) is 0 Å². The molecule has 0 bridgehead atoms. The Morgan fingerprint density at radius 1 is 0.822 bits per heavy atom. The molecule has 4 aromatic rings. The fourth-order valence-corrected chi connectivity index (χ4v) is 4.11. The Hall–Kier alpha value is -5.17. The maximum absolute atomic E-state index is 13.9. The summed E-state index contributed by atoms with van der Waals surface area (Å²) in [6, 6.07) is 19.1. The number of alkyl halides is 6. The number of piperazine rings is 1. The van der Waals surface area contributed by atoms with Crippen LogP contribution in [-0.4, -0.2) is 82.0 Å². The highest BCUT2D eigenvalue weighted by Gasteiger charge is 2.38. The first-order valence-corrected chi connectivity index (χ1v) is 12.8. The molecule has 16 heteroatoms. The van der Waals surface area contributed by atoms with Crippen molar-refractivity contribution in [3.05, 3.63) is 78.4 Å². The summed E-state index contributed by atoms with van der Waals surface area (Å²) in [5.41, 5.74) is 5.91. The second-order valence-corrected chi connectivity index (χ2v) is 9.57. The predicted octanol–water partition coefficient (Wildman–Crippen LogP) is 5.70. The molecule has 9 nitrogen and oxygen atoms in total. The number of aliphatic carboxylic acids is 2. The second kappa shape index (κ2) is 14.1. The number of anilines is 1. The second-order valence-electron chi connectivity index (χ2n) is 9.57. The zero-order chi connectivity index (χ0) is 33.5. The fraction of sp³-hybridized carbons (Fsp3) is 0.241. The van der Waals surface area contributed by atoms with Crippen molar-refractivity contribution in [3.63, 3.8) is 0 Å². The van der Waals surface area contributed by atoms with E-state index in [2.05, 4.69) is 46.1 Å². The van der Waals surface area contributed by atoms with Gasteiger partial charge in [0.05, 0.1) is 23.5 Å². The molecule has 1 aliphatic heterocycles. The van der Waals surface area contributed by atoms with Gasteiger partial charge in [-0.2, -0.15) is 31.6 Å². The number of rotatable bonds is 3. The van der Waals surface area contributed by atoms with Crippen LogP contribution < -0.4 is 4.90 Å². The van der Waals surface area contributed by atoms with Gasteiger partial charge >= 0.3 is 24.3 Å². The number of hydrogen-bond acceptors (Lipinski definition) is 6. The van der Waals surface area contributed by atoms with Crippen LogP contribution in [0.5, 0.6) is 0 Å². The van der Waals surface area contributed by atoms with E-state index >= 15 is 0 Å². The van der Waals surface area contributed by atoms with Crippen molar-refractivity contribution in [2.24, 2.45) is 0 Å². The lowest BCUT2D eigenvalue weighted by Gasteiger charge is -2.34. The highest BCUT2D eigenvalue weighted by Crippen LogP contribution is 2.28. The maximum Gasteiger partial charge on any atom is 0.490 e. The summed E-state index contributed by atoms with van der Waals surface area (Å²) in [5.74, 6) is -5.94. The Morgan fingerprint density at radius 2 is 1.38 bits per heavy atom. The minimum atomic E-state index is -5.08. The van der Waals surface area contributed by atoms with Crippen molar-refractivity contribution in [1.82, 2.24) is 14.3 Å². The van der Waals surface area contributed by atoms with Crippen molar-refractivity contribution in [1.29, 1.82) is 5.26 Å². The summed E-state index contributed by atoms with van der Waals surface area (Å²) in [5, 5.41) is 23.4. The van der Waals surface area contributed by atoms with Crippen LogP contribution in [0.25, 0.3) is 28.0 Å². The Bertz CT molecular complexity index is 1660. The smallest absolute Gasteiger partial charge is 0.475 e. The molecule has 0 radical (unpaired) electrons. The standard InChI is InChI=1S/C25H22FN5.2C2HF3O2/c1-29-8-10-30(11-9-29)23-4-2-19(3-5-23)20-6-7-31-24(17-28-25(31)15-20)21-12-18(16-27)13-22(26)14-21;2*3-2(4,5)1(6)7/h2-7,12-15,17H,8-11H2,1H3;2*(H,6,7). The van der Waals surface area contributed by atoms with E-state index in [0.29, 0.717) is 11.1 Å². The average Bonchev–Trinajstić information content (AvgIpc) is 3.40. The van der Waals surface area contributed by atoms with Crippen LogP contribution in [0.1, 0.15) is 5.56 Å². The molecular formula is C29H24F7N5O4. The number of hydrogen-bond donors (Lipinski definition) is 2. The molecule has 0 atom stereocenters. The Morgan fingerprint density at radius 3 is 1.89 bits per heavy atom. The number of nitrogens with zero attached hydrogens (tertiary/aromatic N) is 5. The van der Waals surface area contributed by atoms with E-state index in [1.807, 2.05) is 28.8 Å². The van der Waals surface area contributed by atoms with Crippen LogP contribution in [0.2, 0.25) is 0 Å². The summed E-state index contributed by atoms with van der Waals surface area (Å²) in [6.07, 6.45) is -6.51. The molecule has 3 heterocycles. The number of likely N-dealkylation sites (N-methyl/N-ethyl adjacent to an activating group) is 1. The van der Waals surface area contributed by atoms with E-state index in [-0.39, 0.29) is 0 Å². The third-order valence-corrected chi connectivity index (χ3v) is 6.39. The summed E-state index contributed by atoms with van der Waals surface area (Å²) in [4.78, 5) is 27.1. The number of carbonyl (C=O) groups is 2. The van der Waals surface area contributed by atoms with Gasteiger partial charge in [0.15, 0.2) is 0 Å². The summed E-state index contributed by atoms with van der Waals surface area (Å²) in [6.45, 7) is 4.27. The molecule has 1 fully saturated rings. The van der Waals surface area contributed by atoms with Crippen LogP contribution in [-0.2, 0) is 9.59 Å². The van der Waals surface area contributed by atoms with Gasteiger partial charge in [-0.3, -0.25) is 4.40 Å². The van der Waals surface area contributed by atoms with Crippen LogP contribution >= 0.6 is 0 Å². The van der Waals surface area contributed by atoms with Gasteiger partial charge in [0.1, 0.15) is 11.5 Å². The van der Waals surface area contributed by atoms with Gasteiger partial charge in [0.25, 0.3) is 0 Å². The normalized spacial score (nSPS) is 13.6. The number of halogens is 7. The highest BCUT2D eigenvalue weighted by molar-refractivity contribution is 5.74. The number of imidazole rings is 1. The Labute approximate surface area is 251 Å². The van der Waals surface area contributed by atoms with Crippen LogP contribution in [0, 0.1) is 17.1 Å². The molecule has 0 aliphatic carbocycles. The van der Waals surface area contributed by atoms with E-state index in [1.54, 1.807) is 12.3 Å². The number of aromatic nitrogens is 2. The first-order valence-electron chi connectivity index (χ1n) is 12.8. The Balaban J connectivity index is 0.000000331. The number of nitriles is 1. The number of fused-ring (bicyclic) bond motifs is 1. The van der Waals surface area contributed by atoms with E-state index in [4.69, 9.17) is 25.1 Å².